The summed E-state index contributed by atoms with van der Waals surface area (Å²) in [4.78, 5) is 37.8. The van der Waals surface area contributed by atoms with Gasteiger partial charge >= 0.3 is 17.9 Å². The minimum absolute atomic E-state index is 0.118. The second kappa shape index (κ2) is 51.2. The van der Waals surface area contributed by atoms with Crippen LogP contribution >= 0.6 is 0 Å². The predicted octanol–water partition coefficient (Wildman–Crippen LogP) is 17.2. The number of carbonyl (C=O) groups is 3. The fourth-order valence-corrected chi connectivity index (χ4v) is 7.01. The predicted molar refractivity (Wildman–Crippen MR) is 270 cm³/mol. The third kappa shape index (κ3) is 49.5. The first kappa shape index (κ1) is 59.6. The van der Waals surface area contributed by atoms with Crippen LogP contribution in [-0.2, 0) is 28.6 Å². The average molecular weight is 877 g/mol. The lowest BCUT2D eigenvalue weighted by Crippen LogP contribution is -2.30. The molecule has 0 aromatic rings. The van der Waals surface area contributed by atoms with Gasteiger partial charge in [0.05, 0.1) is 6.42 Å². The Labute approximate surface area is 388 Å². The highest BCUT2D eigenvalue weighted by Gasteiger charge is 2.19. The zero-order valence-corrected chi connectivity index (χ0v) is 41.1. The maximum absolute atomic E-state index is 12.8. The maximum atomic E-state index is 12.8. The third-order valence-electron chi connectivity index (χ3n) is 10.9. The van der Waals surface area contributed by atoms with Gasteiger partial charge in [-0.25, -0.2) is 0 Å². The number of unbranched alkanes of at least 4 members (excludes halogenated alkanes) is 24. The van der Waals surface area contributed by atoms with Gasteiger partial charge in [0.2, 0.25) is 0 Å². The number of ether oxygens (including phenoxy) is 3. The molecule has 0 aliphatic heterocycles. The van der Waals surface area contributed by atoms with Gasteiger partial charge in [0.25, 0.3) is 0 Å². The van der Waals surface area contributed by atoms with Crippen molar-refractivity contribution in [3.05, 3.63) is 85.1 Å². The van der Waals surface area contributed by atoms with E-state index in [1.807, 2.05) is 6.08 Å². The van der Waals surface area contributed by atoms with Crippen LogP contribution in [0.2, 0.25) is 0 Å². The van der Waals surface area contributed by atoms with Gasteiger partial charge in [-0.15, -0.1) is 0 Å². The number of rotatable bonds is 46. The molecule has 1 atom stereocenters. The summed E-state index contributed by atoms with van der Waals surface area (Å²) in [6, 6.07) is 0. The maximum Gasteiger partial charge on any atom is 0.309 e. The molecule has 0 amide bonds. The van der Waals surface area contributed by atoms with Crippen LogP contribution in [0.3, 0.4) is 0 Å². The van der Waals surface area contributed by atoms with Crippen LogP contribution in [0.25, 0.3) is 0 Å². The van der Waals surface area contributed by atoms with E-state index in [4.69, 9.17) is 14.2 Å². The van der Waals surface area contributed by atoms with Gasteiger partial charge in [-0.2, -0.15) is 0 Å². The third-order valence-corrected chi connectivity index (χ3v) is 10.9. The molecule has 0 saturated carbocycles. The second-order valence-electron chi connectivity index (χ2n) is 17.1. The van der Waals surface area contributed by atoms with Gasteiger partial charge in [0, 0.05) is 12.8 Å². The van der Waals surface area contributed by atoms with E-state index in [1.165, 1.54) is 103 Å². The van der Waals surface area contributed by atoms with Crippen molar-refractivity contribution in [2.75, 3.05) is 13.2 Å². The summed E-state index contributed by atoms with van der Waals surface area (Å²) in [5.74, 6) is -1.08. The molecular weight excluding hydrogens is 781 g/mol. The number of hydrogen-bond acceptors (Lipinski definition) is 6. The molecule has 0 aromatic carbocycles. The Bertz CT molecular complexity index is 1240. The van der Waals surface area contributed by atoms with Crippen LogP contribution in [-0.4, -0.2) is 37.2 Å². The van der Waals surface area contributed by atoms with Crippen molar-refractivity contribution in [3.63, 3.8) is 0 Å². The largest absolute Gasteiger partial charge is 0.462 e. The second-order valence-corrected chi connectivity index (χ2v) is 17.1. The minimum Gasteiger partial charge on any atom is -0.462 e. The molecule has 0 spiro atoms. The standard InChI is InChI=1S/C57H96O6/c1-4-7-10-13-16-19-21-23-25-27-29-31-33-35-38-41-44-47-50-56(59)62-53-54(52-61-55(58)49-46-43-40-37-18-15-12-9-6-3)63-57(60)51-48-45-42-39-36-34-32-30-28-26-24-22-20-17-14-11-8-5-2/h9,12,18,25-32,37,43,46,54H,4-8,10-11,13-17,19-24,33-36,38-42,44-45,47-53H2,1-3H3/b12-9-,27-25-,28-26-,31-29-,32-30-,37-18-,46-43-. The normalized spacial score (nSPS) is 12.7. The van der Waals surface area contributed by atoms with Gasteiger partial charge in [-0.05, 0) is 83.5 Å². The van der Waals surface area contributed by atoms with Gasteiger partial charge in [0.1, 0.15) is 13.2 Å². The number of carbonyl (C=O) groups excluding carboxylic acids is 3. The van der Waals surface area contributed by atoms with Crippen molar-refractivity contribution in [1.29, 1.82) is 0 Å². The van der Waals surface area contributed by atoms with Crippen LogP contribution in [0.1, 0.15) is 239 Å². The quantitative estimate of drug-likeness (QED) is 0.0199. The van der Waals surface area contributed by atoms with Crippen LogP contribution < -0.4 is 0 Å². The first-order valence-corrected chi connectivity index (χ1v) is 26.1. The Morgan fingerprint density at radius 3 is 1.14 bits per heavy atom. The molecule has 0 aliphatic rings. The highest BCUT2D eigenvalue weighted by molar-refractivity contribution is 5.72. The molecule has 0 radical (unpaired) electrons. The van der Waals surface area contributed by atoms with Crippen molar-refractivity contribution in [2.24, 2.45) is 0 Å². The Morgan fingerprint density at radius 1 is 0.365 bits per heavy atom. The Kier molecular flexibility index (Phi) is 48.5. The molecule has 0 aliphatic carbocycles. The lowest BCUT2D eigenvalue weighted by atomic mass is 10.1. The number of allylic oxidation sites excluding steroid dienone is 13. The molecule has 0 bridgehead atoms. The van der Waals surface area contributed by atoms with Crippen molar-refractivity contribution in [2.45, 2.75) is 245 Å². The van der Waals surface area contributed by atoms with Crippen molar-refractivity contribution in [3.8, 4) is 0 Å². The number of esters is 3. The Balaban J connectivity index is 4.42. The summed E-state index contributed by atoms with van der Waals surface area (Å²) in [6.45, 7) is 6.38. The summed E-state index contributed by atoms with van der Waals surface area (Å²) < 4.78 is 16.6. The van der Waals surface area contributed by atoms with E-state index in [9.17, 15) is 14.4 Å². The smallest absolute Gasteiger partial charge is 0.309 e. The average Bonchev–Trinajstić information content (AvgIpc) is 3.28. The zero-order valence-electron chi connectivity index (χ0n) is 41.1. The van der Waals surface area contributed by atoms with Gasteiger partial charge in [-0.3, -0.25) is 14.4 Å². The molecular formula is C57H96O6. The highest BCUT2D eigenvalue weighted by Crippen LogP contribution is 2.13. The summed E-state index contributed by atoms with van der Waals surface area (Å²) in [5, 5.41) is 0. The van der Waals surface area contributed by atoms with Crippen LogP contribution in [0, 0.1) is 0 Å². The molecule has 0 N–H and O–H groups in total. The van der Waals surface area contributed by atoms with Crippen molar-refractivity contribution >= 4 is 17.9 Å². The van der Waals surface area contributed by atoms with E-state index in [1.54, 1.807) is 6.08 Å². The molecule has 6 nitrogen and oxygen atoms in total. The van der Waals surface area contributed by atoms with Crippen LogP contribution in [0.4, 0.5) is 0 Å². The van der Waals surface area contributed by atoms with Crippen molar-refractivity contribution in [1.82, 2.24) is 0 Å². The Morgan fingerprint density at radius 2 is 0.714 bits per heavy atom. The highest BCUT2D eigenvalue weighted by atomic mass is 16.6. The van der Waals surface area contributed by atoms with Crippen LogP contribution in [0.5, 0.6) is 0 Å². The molecule has 6 heteroatoms. The SMILES string of the molecule is CC/C=C\C/C=C\C/C=C\CC(=O)OCC(COC(=O)CCCCCCC/C=C\C=C/CCCCCCCCC)OC(=O)CCCCCCC/C=C\C=C/CCCCCCCCC. The summed E-state index contributed by atoms with van der Waals surface area (Å²) in [6.07, 6.45) is 66.1. The van der Waals surface area contributed by atoms with E-state index >= 15 is 0 Å². The van der Waals surface area contributed by atoms with E-state index in [-0.39, 0.29) is 38.0 Å². The lowest BCUT2D eigenvalue weighted by Gasteiger charge is -2.18. The molecule has 0 saturated heterocycles. The molecule has 0 fully saturated rings. The van der Waals surface area contributed by atoms with Gasteiger partial charge < -0.3 is 14.2 Å². The first-order chi connectivity index (χ1) is 31.0. The van der Waals surface area contributed by atoms with Gasteiger partial charge in [0.15, 0.2) is 6.10 Å². The molecule has 0 rings (SSSR count). The summed E-state index contributed by atoms with van der Waals surface area (Å²) in [5.41, 5.74) is 0. The van der Waals surface area contributed by atoms with E-state index in [2.05, 4.69) is 93.7 Å². The van der Waals surface area contributed by atoms with E-state index < -0.39 is 12.1 Å². The van der Waals surface area contributed by atoms with Gasteiger partial charge in [-0.1, -0.05) is 221 Å². The summed E-state index contributed by atoms with van der Waals surface area (Å²) in [7, 11) is 0. The monoisotopic (exact) mass is 877 g/mol. The molecule has 0 heterocycles. The summed E-state index contributed by atoms with van der Waals surface area (Å²) >= 11 is 0. The number of hydrogen-bond donors (Lipinski definition) is 0. The molecule has 0 aromatic heterocycles. The molecule has 63 heavy (non-hydrogen) atoms. The topological polar surface area (TPSA) is 78.9 Å². The fourth-order valence-electron chi connectivity index (χ4n) is 7.01. The molecule has 1 unspecified atom stereocenters. The lowest BCUT2D eigenvalue weighted by molar-refractivity contribution is -0.166. The zero-order chi connectivity index (χ0) is 45.8. The van der Waals surface area contributed by atoms with Crippen molar-refractivity contribution < 1.29 is 28.6 Å². The first-order valence-electron chi connectivity index (χ1n) is 26.1. The van der Waals surface area contributed by atoms with E-state index in [0.29, 0.717) is 6.42 Å². The van der Waals surface area contributed by atoms with E-state index in [0.717, 1.165) is 96.3 Å². The van der Waals surface area contributed by atoms with Crippen LogP contribution in [0.15, 0.2) is 85.1 Å². The fraction of sp³-hybridized carbons (Fsp3) is 0.702. The molecule has 360 valence electrons. The minimum atomic E-state index is -0.826. The Hall–Kier alpha value is -3.41.